The molecule has 0 bridgehead atoms. The van der Waals surface area contributed by atoms with Crippen molar-refractivity contribution in [2.45, 2.75) is 57.9 Å². The molecule has 1 fully saturated rings. The molecule has 8 heteroatoms. The van der Waals surface area contributed by atoms with Gasteiger partial charge in [-0.05, 0) is 37.8 Å². The van der Waals surface area contributed by atoms with E-state index in [4.69, 9.17) is 0 Å². The van der Waals surface area contributed by atoms with E-state index in [0.29, 0.717) is 13.1 Å². The van der Waals surface area contributed by atoms with E-state index in [0.717, 1.165) is 29.5 Å². The maximum absolute atomic E-state index is 13.7. The molecule has 0 radical (unpaired) electrons. The number of rotatable bonds is 7. The van der Waals surface area contributed by atoms with Crippen LogP contribution in [0.1, 0.15) is 57.4 Å². The lowest BCUT2D eigenvalue weighted by Crippen LogP contribution is -2.64. The van der Waals surface area contributed by atoms with Crippen LogP contribution in [0, 0.1) is 6.92 Å². The third-order valence-electron chi connectivity index (χ3n) is 6.72. The van der Waals surface area contributed by atoms with Gasteiger partial charge in [-0.15, -0.1) is 0 Å². The highest BCUT2D eigenvalue weighted by atomic mass is 16.2. The van der Waals surface area contributed by atoms with Gasteiger partial charge in [0.2, 0.25) is 5.91 Å². The van der Waals surface area contributed by atoms with Crippen molar-refractivity contribution in [3.63, 3.8) is 0 Å². The number of imidazole rings is 1. The second-order valence-electron chi connectivity index (χ2n) is 9.59. The third kappa shape index (κ3) is 4.43. The summed E-state index contributed by atoms with van der Waals surface area (Å²) in [5.74, 6) is -0.942. The van der Waals surface area contributed by atoms with E-state index in [1.54, 1.807) is 16.4 Å². The number of carbonyl (C=O) groups is 3. The Labute approximate surface area is 204 Å². The quantitative estimate of drug-likeness (QED) is 0.554. The Hall–Kier alpha value is -3.94. The van der Waals surface area contributed by atoms with E-state index in [-0.39, 0.29) is 35.8 Å². The predicted octanol–water partition coefficient (Wildman–Crippen LogP) is 2.81. The number of nitrogens with zero attached hydrogens (tertiary/aromatic N) is 3. The molecule has 0 saturated heterocycles. The first kappa shape index (κ1) is 22.8. The molecule has 1 aliphatic carbocycles. The molecule has 0 spiro atoms. The zero-order valence-electron chi connectivity index (χ0n) is 20.0. The molecule has 2 heterocycles. The minimum absolute atomic E-state index is 0.0122. The van der Waals surface area contributed by atoms with Gasteiger partial charge in [-0.2, -0.15) is 0 Å². The molecule has 2 aromatic carbocycles. The molecule has 1 aliphatic heterocycles. The molecule has 2 N–H and O–H groups in total. The molecule has 1 saturated carbocycles. The van der Waals surface area contributed by atoms with Crippen molar-refractivity contribution < 1.29 is 14.4 Å². The third-order valence-corrected chi connectivity index (χ3v) is 6.72. The number of carbonyl (C=O) groups excluding carboxylic acids is 3. The molecule has 5 rings (SSSR count). The summed E-state index contributed by atoms with van der Waals surface area (Å²) < 4.78 is 1.64. The molecule has 8 nitrogen and oxygen atoms in total. The molecule has 1 unspecified atom stereocenters. The lowest BCUT2D eigenvalue weighted by atomic mass is 9.93. The molecular formula is C27H29N5O3. The van der Waals surface area contributed by atoms with E-state index in [2.05, 4.69) is 15.6 Å². The van der Waals surface area contributed by atoms with Crippen molar-refractivity contribution in [1.82, 2.24) is 25.1 Å². The molecule has 35 heavy (non-hydrogen) atoms. The molecule has 2 aliphatic rings. The van der Waals surface area contributed by atoms with Crippen LogP contribution < -0.4 is 10.6 Å². The molecule has 3 amide bonds. The van der Waals surface area contributed by atoms with Crippen molar-refractivity contribution in [3.05, 3.63) is 89.0 Å². The number of hydrogen-bond donors (Lipinski definition) is 2. The van der Waals surface area contributed by atoms with Gasteiger partial charge in [0.15, 0.2) is 5.69 Å². The Bertz CT molecular complexity index is 1280. The van der Waals surface area contributed by atoms with Crippen molar-refractivity contribution >= 4 is 17.7 Å². The van der Waals surface area contributed by atoms with E-state index in [1.165, 1.54) is 6.33 Å². The van der Waals surface area contributed by atoms with Crippen molar-refractivity contribution in [2.24, 2.45) is 0 Å². The average molecular weight is 472 g/mol. The van der Waals surface area contributed by atoms with Gasteiger partial charge in [0.25, 0.3) is 11.8 Å². The van der Waals surface area contributed by atoms with Crippen LogP contribution in [-0.2, 0) is 24.4 Å². The lowest BCUT2D eigenvalue weighted by molar-refractivity contribution is -0.133. The van der Waals surface area contributed by atoms with Gasteiger partial charge in [0, 0.05) is 19.1 Å². The van der Waals surface area contributed by atoms with Crippen LogP contribution in [0.4, 0.5) is 0 Å². The first-order chi connectivity index (χ1) is 16.9. The molecule has 180 valence electrons. The summed E-state index contributed by atoms with van der Waals surface area (Å²) in [4.78, 5) is 46.0. The average Bonchev–Trinajstić information content (AvgIpc) is 3.59. The predicted molar refractivity (Wildman–Crippen MR) is 130 cm³/mol. The number of amides is 3. The van der Waals surface area contributed by atoms with Crippen LogP contribution in [0.3, 0.4) is 0 Å². The van der Waals surface area contributed by atoms with Gasteiger partial charge in [0.1, 0.15) is 11.2 Å². The van der Waals surface area contributed by atoms with Gasteiger partial charge in [-0.1, -0.05) is 60.2 Å². The highest BCUT2D eigenvalue weighted by molar-refractivity contribution is 6.07. The Kier molecular flexibility index (Phi) is 5.88. The molecule has 1 atom stereocenters. The van der Waals surface area contributed by atoms with E-state index < -0.39 is 11.4 Å². The smallest absolute Gasteiger partial charge is 0.274 e. The minimum atomic E-state index is -1.07. The van der Waals surface area contributed by atoms with Crippen LogP contribution in [0.2, 0.25) is 0 Å². The first-order valence-corrected chi connectivity index (χ1v) is 11.9. The summed E-state index contributed by atoms with van der Waals surface area (Å²) in [6, 6.07) is 17.5. The Morgan fingerprint density at radius 3 is 2.46 bits per heavy atom. The summed E-state index contributed by atoms with van der Waals surface area (Å²) in [6.07, 6.45) is 3.18. The van der Waals surface area contributed by atoms with Crippen LogP contribution in [0.5, 0.6) is 0 Å². The van der Waals surface area contributed by atoms with Crippen molar-refractivity contribution in [1.29, 1.82) is 0 Å². The fraction of sp³-hybridized carbons (Fsp3) is 0.333. The Morgan fingerprint density at radius 1 is 1.03 bits per heavy atom. The normalized spacial score (nSPS) is 19.3. The molecule has 3 aromatic rings. The van der Waals surface area contributed by atoms with Crippen LogP contribution >= 0.6 is 0 Å². The maximum atomic E-state index is 13.7. The zero-order chi connectivity index (χ0) is 24.6. The maximum Gasteiger partial charge on any atom is 0.274 e. The summed E-state index contributed by atoms with van der Waals surface area (Å²) in [6.45, 7) is 4.75. The molecule has 1 aromatic heterocycles. The Morgan fingerprint density at radius 2 is 1.74 bits per heavy atom. The summed E-state index contributed by atoms with van der Waals surface area (Å²) in [5.41, 5.74) is 2.33. The minimum Gasteiger partial charge on any atom is -0.350 e. The van der Waals surface area contributed by atoms with E-state index >= 15 is 0 Å². The second kappa shape index (κ2) is 9.02. The van der Waals surface area contributed by atoms with E-state index in [9.17, 15) is 14.4 Å². The lowest BCUT2D eigenvalue weighted by Gasteiger charge is -2.44. The summed E-state index contributed by atoms with van der Waals surface area (Å²) in [5, 5.41) is 5.88. The van der Waals surface area contributed by atoms with Crippen LogP contribution in [-0.4, -0.2) is 43.8 Å². The highest BCUT2D eigenvalue weighted by Gasteiger charge is 2.53. The van der Waals surface area contributed by atoms with Gasteiger partial charge in [0.05, 0.1) is 12.9 Å². The zero-order valence-corrected chi connectivity index (χ0v) is 20.0. The van der Waals surface area contributed by atoms with Crippen molar-refractivity contribution in [2.75, 3.05) is 0 Å². The van der Waals surface area contributed by atoms with Gasteiger partial charge in [-0.25, -0.2) is 4.98 Å². The molecular weight excluding hydrogens is 442 g/mol. The fourth-order valence-electron chi connectivity index (χ4n) is 4.78. The first-order valence-electron chi connectivity index (χ1n) is 11.9. The number of aryl methyl sites for hydroxylation is 1. The summed E-state index contributed by atoms with van der Waals surface area (Å²) in [7, 11) is 0. The number of fused-ring (bicyclic) bond motifs is 1. The van der Waals surface area contributed by atoms with E-state index in [1.807, 2.05) is 61.5 Å². The summed E-state index contributed by atoms with van der Waals surface area (Å²) >= 11 is 0. The number of nitrogens with one attached hydrogen (secondary N) is 2. The van der Waals surface area contributed by atoms with Crippen molar-refractivity contribution in [3.8, 4) is 0 Å². The topological polar surface area (TPSA) is 96.3 Å². The van der Waals surface area contributed by atoms with Crippen LogP contribution in [0.15, 0.2) is 60.9 Å². The fourth-order valence-corrected chi connectivity index (χ4v) is 4.78. The largest absolute Gasteiger partial charge is 0.350 e. The highest BCUT2D eigenvalue weighted by Crippen LogP contribution is 2.38. The van der Waals surface area contributed by atoms with Gasteiger partial charge >= 0.3 is 0 Å². The number of hydrogen-bond acceptors (Lipinski definition) is 4. The number of aromatic nitrogens is 2. The van der Waals surface area contributed by atoms with Gasteiger partial charge < -0.3 is 20.1 Å². The SMILES string of the molecule is Cc1cccc(CNC(=O)c2ncn3c2C(=O)N(C2CC2)C(C)(C(=O)NCc2ccccc2)C3)c1. The number of benzene rings is 2. The van der Waals surface area contributed by atoms with Crippen LogP contribution in [0.25, 0.3) is 0 Å². The monoisotopic (exact) mass is 471 g/mol. The standard InChI is InChI=1S/C27H29N5O3/c1-18-7-6-10-20(13-18)15-28-24(33)22-23-25(34)32(21-11-12-21)27(2,16-31(23)17-30-22)26(35)29-14-19-8-4-3-5-9-19/h3-10,13,17,21H,11-12,14-16H2,1-2H3,(H,28,33)(H,29,35). The second-order valence-corrected chi connectivity index (χ2v) is 9.59. The Balaban J connectivity index is 1.36. The van der Waals surface area contributed by atoms with Gasteiger partial charge in [-0.3, -0.25) is 14.4 Å².